The highest BCUT2D eigenvalue weighted by Crippen LogP contribution is 2.63. The molecule has 2 aromatic rings. The molecule has 0 aromatic heterocycles. The summed E-state index contributed by atoms with van der Waals surface area (Å²) in [6.07, 6.45) is 29.7. The van der Waals surface area contributed by atoms with E-state index in [0.717, 1.165) is 11.8 Å². The molecule has 0 aliphatic heterocycles. The van der Waals surface area contributed by atoms with Crippen LogP contribution in [0.3, 0.4) is 0 Å². The summed E-state index contributed by atoms with van der Waals surface area (Å²) in [5, 5.41) is 0. The molecule has 5 aliphatic carbocycles. The van der Waals surface area contributed by atoms with E-state index >= 15 is 0 Å². The van der Waals surface area contributed by atoms with Gasteiger partial charge in [-0.2, -0.15) is 0 Å². The lowest BCUT2D eigenvalue weighted by atomic mass is 9.57. The minimum absolute atomic E-state index is 0.326. The number of rotatable bonds is 6. The van der Waals surface area contributed by atoms with Gasteiger partial charge in [-0.05, 0) is 76.3 Å². The van der Waals surface area contributed by atoms with Gasteiger partial charge in [-0.25, -0.2) is 0 Å². The molecule has 0 nitrogen and oxygen atoms in total. The first-order valence-corrected chi connectivity index (χ1v) is 16.4. The van der Waals surface area contributed by atoms with Crippen LogP contribution >= 0.6 is 0 Å². The van der Waals surface area contributed by atoms with Gasteiger partial charge < -0.3 is 0 Å². The molecule has 0 radical (unpaired) electrons. The predicted octanol–water partition coefficient (Wildman–Crippen LogP) is 11.2. The fourth-order valence-corrected chi connectivity index (χ4v) is 9.62. The molecule has 200 valence electrons. The Balaban J connectivity index is 1.28. The minimum atomic E-state index is 0.326. The van der Waals surface area contributed by atoms with Crippen LogP contribution in [0.1, 0.15) is 143 Å². The average Bonchev–Trinajstić information content (AvgIpc) is 3.54. The average molecular weight is 505 g/mol. The van der Waals surface area contributed by atoms with Crippen LogP contribution in [0.2, 0.25) is 0 Å². The van der Waals surface area contributed by atoms with E-state index in [1.807, 2.05) is 0 Å². The standard InChI is InChI=1S/C38H48/c1-4-14-28(15-5-1)24-30-26-36(34-20-10-8-18-32(30)34)38(22-12-3-13-23-38)37-27-31(25-29-16-6-2-7-17-29)33-19-9-11-21-35(33)37/h8-11,18-21,26-29,36-37H,1-7,12-17,22-25H2. The molecule has 2 unspecified atom stereocenters. The van der Waals surface area contributed by atoms with Gasteiger partial charge in [0.1, 0.15) is 0 Å². The molecular formula is C38H48. The molecular weight excluding hydrogens is 456 g/mol. The molecule has 5 aliphatic rings. The summed E-state index contributed by atoms with van der Waals surface area (Å²) in [6.45, 7) is 0. The summed E-state index contributed by atoms with van der Waals surface area (Å²) in [7, 11) is 0. The Hall–Kier alpha value is -2.08. The van der Waals surface area contributed by atoms with E-state index in [1.165, 1.54) is 109 Å². The molecule has 3 fully saturated rings. The van der Waals surface area contributed by atoms with Crippen molar-refractivity contribution in [2.24, 2.45) is 17.3 Å². The first-order chi connectivity index (χ1) is 18.8. The van der Waals surface area contributed by atoms with Gasteiger partial charge in [0, 0.05) is 11.8 Å². The van der Waals surface area contributed by atoms with Crippen molar-refractivity contribution >= 4 is 11.1 Å². The fraction of sp³-hybridized carbons (Fsp3) is 0.579. The van der Waals surface area contributed by atoms with Crippen molar-refractivity contribution < 1.29 is 0 Å². The maximum atomic E-state index is 2.82. The second kappa shape index (κ2) is 10.8. The van der Waals surface area contributed by atoms with Gasteiger partial charge in [0.15, 0.2) is 0 Å². The largest absolute Gasteiger partial charge is 0.0726 e. The van der Waals surface area contributed by atoms with Crippen LogP contribution in [0.15, 0.2) is 60.7 Å². The van der Waals surface area contributed by atoms with E-state index in [1.54, 1.807) is 33.4 Å². The topological polar surface area (TPSA) is 0 Å². The lowest BCUT2D eigenvalue weighted by Gasteiger charge is -2.46. The van der Waals surface area contributed by atoms with E-state index < -0.39 is 0 Å². The van der Waals surface area contributed by atoms with Crippen LogP contribution in [0.25, 0.3) is 11.1 Å². The molecule has 0 saturated heterocycles. The van der Waals surface area contributed by atoms with Gasteiger partial charge in [0.2, 0.25) is 0 Å². The molecule has 0 N–H and O–H groups in total. The third-order valence-corrected chi connectivity index (χ3v) is 11.5. The molecule has 0 amide bonds. The van der Waals surface area contributed by atoms with Gasteiger partial charge >= 0.3 is 0 Å². The van der Waals surface area contributed by atoms with Crippen LogP contribution in [-0.2, 0) is 0 Å². The van der Waals surface area contributed by atoms with Crippen LogP contribution in [0.4, 0.5) is 0 Å². The lowest BCUT2D eigenvalue weighted by molar-refractivity contribution is 0.144. The molecule has 0 bridgehead atoms. The zero-order chi connectivity index (χ0) is 25.4. The molecule has 2 atom stereocenters. The lowest BCUT2D eigenvalue weighted by Crippen LogP contribution is -2.35. The van der Waals surface area contributed by atoms with Gasteiger partial charge in [0.05, 0.1) is 0 Å². The zero-order valence-corrected chi connectivity index (χ0v) is 23.6. The quantitative estimate of drug-likeness (QED) is 0.367. The normalized spacial score (nSPS) is 27.5. The summed E-state index contributed by atoms with van der Waals surface area (Å²) >= 11 is 0. The zero-order valence-electron chi connectivity index (χ0n) is 23.6. The summed E-state index contributed by atoms with van der Waals surface area (Å²) in [6, 6.07) is 19.2. The summed E-state index contributed by atoms with van der Waals surface area (Å²) in [5.41, 5.74) is 10.2. The number of hydrogen-bond acceptors (Lipinski definition) is 0. The van der Waals surface area contributed by atoms with Gasteiger partial charge in [-0.3, -0.25) is 0 Å². The number of benzene rings is 2. The molecule has 38 heavy (non-hydrogen) atoms. The van der Waals surface area contributed by atoms with E-state index in [0.29, 0.717) is 17.3 Å². The number of hydrogen-bond donors (Lipinski definition) is 0. The van der Waals surface area contributed by atoms with Crippen molar-refractivity contribution in [3.63, 3.8) is 0 Å². The van der Waals surface area contributed by atoms with E-state index in [2.05, 4.69) is 60.7 Å². The van der Waals surface area contributed by atoms with Gasteiger partial charge in [-0.15, -0.1) is 0 Å². The summed E-state index contributed by atoms with van der Waals surface area (Å²) < 4.78 is 0. The van der Waals surface area contributed by atoms with E-state index in [-0.39, 0.29) is 0 Å². The molecule has 3 saturated carbocycles. The van der Waals surface area contributed by atoms with E-state index in [9.17, 15) is 0 Å². The molecule has 0 spiro atoms. The maximum absolute atomic E-state index is 2.82. The van der Waals surface area contributed by atoms with Crippen molar-refractivity contribution in [1.29, 1.82) is 0 Å². The Bertz CT molecular complexity index is 1090. The van der Waals surface area contributed by atoms with Crippen molar-refractivity contribution in [3.05, 3.63) is 82.9 Å². The van der Waals surface area contributed by atoms with Crippen LogP contribution in [0.5, 0.6) is 0 Å². The first-order valence-electron chi connectivity index (χ1n) is 16.4. The van der Waals surface area contributed by atoms with Crippen molar-refractivity contribution in [3.8, 4) is 0 Å². The SMILES string of the molecule is C1=C(CC2CCCCC2)c2ccccc2C1C1(C2C=C(CC3CCCCC3)c3ccccc32)CCCCC1. The van der Waals surface area contributed by atoms with E-state index in [4.69, 9.17) is 0 Å². The summed E-state index contributed by atoms with van der Waals surface area (Å²) in [5.74, 6) is 2.94. The Kier molecular flexibility index (Phi) is 7.10. The van der Waals surface area contributed by atoms with Crippen molar-refractivity contribution in [1.82, 2.24) is 0 Å². The Morgan fingerprint density at radius 2 is 0.921 bits per heavy atom. The predicted molar refractivity (Wildman–Crippen MR) is 162 cm³/mol. The molecule has 2 aromatic carbocycles. The highest BCUT2D eigenvalue weighted by molar-refractivity contribution is 5.78. The summed E-state index contributed by atoms with van der Waals surface area (Å²) in [4.78, 5) is 0. The second-order valence-electron chi connectivity index (χ2n) is 13.7. The van der Waals surface area contributed by atoms with Crippen LogP contribution in [-0.4, -0.2) is 0 Å². The fourth-order valence-electron chi connectivity index (χ4n) is 9.62. The van der Waals surface area contributed by atoms with Crippen molar-refractivity contribution in [2.45, 2.75) is 121 Å². The molecule has 0 heteroatoms. The molecule has 7 rings (SSSR count). The Labute approximate surface area is 232 Å². The van der Waals surface area contributed by atoms with Gasteiger partial charge in [-0.1, -0.05) is 144 Å². The van der Waals surface area contributed by atoms with Crippen LogP contribution in [0, 0.1) is 17.3 Å². The number of allylic oxidation sites excluding steroid dienone is 4. The Morgan fingerprint density at radius 1 is 0.500 bits per heavy atom. The highest BCUT2D eigenvalue weighted by atomic mass is 14.5. The maximum Gasteiger partial charge on any atom is 0.00953 e. The highest BCUT2D eigenvalue weighted by Gasteiger charge is 2.49. The Morgan fingerprint density at radius 3 is 1.39 bits per heavy atom. The first kappa shape index (κ1) is 24.9. The third kappa shape index (κ3) is 4.55. The van der Waals surface area contributed by atoms with Gasteiger partial charge in [0.25, 0.3) is 0 Å². The smallest absolute Gasteiger partial charge is 0.00953 e. The third-order valence-electron chi connectivity index (χ3n) is 11.5. The molecule has 0 heterocycles. The number of fused-ring (bicyclic) bond motifs is 2. The second-order valence-corrected chi connectivity index (χ2v) is 13.7. The van der Waals surface area contributed by atoms with Crippen LogP contribution < -0.4 is 0 Å². The monoisotopic (exact) mass is 504 g/mol. The van der Waals surface area contributed by atoms with Crippen molar-refractivity contribution in [2.75, 3.05) is 0 Å². The minimum Gasteiger partial charge on any atom is -0.0726 e.